The number of benzene rings is 2. The number of rotatable bonds is 5. The largest absolute Gasteiger partial charge is 0.490 e. The number of anilines is 1. The van der Waals surface area contributed by atoms with Crippen molar-refractivity contribution in [2.45, 2.75) is 56.4 Å². The second-order valence-corrected chi connectivity index (χ2v) is 10.0. The van der Waals surface area contributed by atoms with Crippen molar-refractivity contribution in [2.75, 3.05) is 32.1 Å². The lowest BCUT2D eigenvalue weighted by atomic mass is 9.94. The maximum atomic E-state index is 13.4. The lowest BCUT2D eigenvalue weighted by Crippen LogP contribution is -2.54. The van der Waals surface area contributed by atoms with Crippen LogP contribution in [-0.2, 0) is 22.4 Å². The van der Waals surface area contributed by atoms with Crippen LogP contribution in [0, 0.1) is 11.3 Å². The molecule has 0 bridgehead atoms. The van der Waals surface area contributed by atoms with Crippen molar-refractivity contribution in [3.8, 4) is 11.8 Å². The Hall–Kier alpha value is -3.57. The molecule has 0 saturated carbocycles. The molecule has 0 aromatic heterocycles. The summed E-state index contributed by atoms with van der Waals surface area (Å²) in [5, 5.41) is 12.2. The molecule has 1 N–H and O–H groups in total. The molecule has 1 aliphatic carbocycles. The first-order valence-corrected chi connectivity index (χ1v) is 12.6. The number of fused-ring (bicyclic) bond motifs is 3. The van der Waals surface area contributed by atoms with Gasteiger partial charge in [-0.2, -0.15) is 5.26 Å². The number of nitrogens with one attached hydrogen (secondary N) is 1. The first-order valence-electron chi connectivity index (χ1n) is 12.6. The van der Waals surface area contributed by atoms with Gasteiger partial charge in [0.1, 0.15) is 25.0 Å². The van der Waals surface area contributed by atoms with Crippen LogP contribution < -0.4 is 15.0 Å². The lowest BCUT2D eigenvalue weighted by molar-refractivity contribution is -0.134. The summed E-state index contributed by atoms with van der Waals surface area (Å²) in [4.78, 5) is 29.7. The summed E-state index contributed by atoms with van der Waals surface area (Å²) in [6.45, 7) is 0.531. The van der Waals surface area contributed by atoms with Gasteiger partial charge in [-0.05, 0) is 55.0 Å². The number of carbonyl (C=O) groups excluding carboxylic acids is 2. The fourth-order valence-corrected chi connectivity index (χ4v) is 5.60. The first-order chi connectivity index (χ1) is 17.4. The Bertz CT molecular complexity index is 1170. The highest BCUT2D eigenvalue weighted by Crippen LogP contribution is 2.33. The summed E-state index contributed by atoms with van der Waals surface area (Å²) in [5.41, 5.74) is 3.89. The first kappa shape index (κ1) is 24.1. The monoisotopic (exact) mass is 488 g/mol. The number of hydrogen-bond donors (Lipinski definition) is 1. The van der Waals surface area contributed by atoms with Crippen LogP contribution >= 0.6 is 0 Å². The van der Waals surface area contributed by atoms with E-state index in [1.54, 1.807) is 29.0 Å². The summed E-state index contributed by atoms with van der Waals surface area (Å²) >= 11 is 0. The van der Waals surface area contributed by atoms with Crippen molar-refractivity contribution in [1.29, 1.82) is 5.26 Å². The molecule has 5 rings (SSSR count). The Morgan fingerprint density at radius 3 is 2.67 bits per heavy atom. The molecule has 2 aromatic carbocycles. The Kier molecular flexibility index (Phi) is 6.84. The van der Waals surface area contributed by atoms with E-state index in [1.165, 1.54) is 11.1 Å². The summed E-state index contributed by atoms with van der Waals surface area (Å²) in [7, 11) is 3.62. The number of ether oxygens (including phenoxy) is 2. The van der Waals surface area contributed by atoms with Gasteiger partial charge in [0, 0.05) is 25.8 Å². The molecule has 0 radical (unpaired) electrons. The van der Waals surface area contributed by atoms with Gasteiger partial charge in [0.15, 0.2) is 0 Å². The number of hydrogen-bond acceptors (Lipinski definition) is 6. The highest BCUT2D eigenvalue weighted by Gasteiger charge is 2.39. The van der Waals surface area contributed by atoms with E-state index in [1.807, 2.05) is 25.2 Å². The molecule has 36 heavy (non-hydrogen) atoms. The molecule has 8 nitrogen and oxygen atoms in total. The Morgan fingerprint density at radius 2 is 1.94 bits per heavy atom. The molecule has 3 atom stereocenters. The maximum absolute atomic E-state index is 13.4. The summed E-state index contributed by atoms with van der Waals surface area (Å²) < 4.78 is 12.4. The van der Waals surface area contributed by atoms with Crippen molar-refractivity contribution in [1.82, 2.24) is 10.2 Å². The highest BCUT2D eigenvalue weighted by molar-refractivity contribution is 5.98. The van der Waals surface area contributed by atoms with E-state index in [-0.39, 0.29) is 42.7 Å². The Balaban J connectivity index is 1.21. The average Bonchev–Trinajstić information content (AvgIpc) is 3.28. The third-order valence-electron chi connectivity index (χ3n) is 7.57. The SMILES string of the molecule is CN(CC#N)c1ccc2c(c1)C(=O)N(C)[C@H]1CC[C@@H](CC(=O)NC3Cc4ccccc4C3)O[C@H]1CO2. The van der Waals surface area contributed by atoms with Gasteiger partial charge in [0.05, 0.1) is 30.2 Å². The van der Waals surface area contributed by atoms with Gasteiger partial charge in [-0.1, -0.05) is 24.3 Å². The molecule has 2 aliphatic heterocycles. The molecular weight excluding hydrogens is 456 g/mol. The molecule has 2 aromatic rings. The van der Waals surface area contributed by atoms with E-state index < -0.39 is 0 Å². The van der Waals surface area contributed by atoms with Crippen LogP contribution in [0.25, 0.3) is 0 Å². The minimum atomic E-state index is -0.310. The van der Waals surface area contributed by atoms with Crippen molar-refractivity contribution < 1.29 is 19.1 Å². The van der Waals surface area contributed by atoms with E-state index in [0.717, 1.165) is 24.9 Å². The van der Waals surface area contributed by atoms with E-state index in [9.17, 15) is 9.59 Å². The minimum Gasteiger partial charge on any atom is -0.490 e. The zero-order valence-electron chi connectivity index (χ0n) is 20.8. The van der Waals surface area contributed by atoms with E-state index in [4.69, 9.17) is 14.7 Å². The topological polar surface area (TPSA) is 94.9 Å². The van der Waals surface area contributed by atoms with Crippen LogP contribution in [0.1, 0.15) is 40.7 Å². The molecule has 1 fully saturated rings. The molecule has 2 amide bonds. The zero-order valence-corrected chi connectivity index (χ0v) is 20.8. The highest BCUT2D eigenvalue weighted by atomic mass is 16.5. The van der Waals surface area contributed by atoms with Crippen molar-refractivity contribution in [3.63, 3.8) is 0 Å². The van der Waals surface area contributed by atoms with Gasteiger partial charge in [-0.3, -0.25) is 9.59 Å². The van der Waals surface area contributed by atoms with Gasteiger partial charge in [0.25, 0.3) is 5.91 Å². The predicted octanol–water partition coefficient (Wildman–Crippen LogP) is 2.70. The number of likely N-dealkylation sites (N-methyl/N-ethyl adjacent to an activating group) is 1. The van der Waals surface area contributed by atoms with Crippen molar-refractivity contribution in [3.05, 3.63) is 59.2 Å². The molecule has 0 spiro atoms. The molecule has 1 saturated heterocycles. The fourth-order valence-electron chi connectivity index (χ4n) is 5.60. The summed E-state index contributed by atoms with van der Waals surface area (Å²) in [6, 6.07) is 15.9. The van der Waals surface area contributed by atoms with E-state index in [0.29, 0.717) is 30.8 Å². The molecule has 2 heterocycles. The molecule has 0 unspecified atom stereocenters. The summed E-state index contributed by atoms with van der Waals surface area (Å²) in [5.74, 6) is 0.378. The number of amides is 2. The van der Waals surface area contributed by atoms with Gasteiger partial charge in [-0.25, -0.2) is 0 Å². The van der Waals surface area contributed by atoms with Crippen LogP contribution in [0.2, 0.25) is 0 Å². The van der Waals surface area contributed by atoms with Crippen molar-refractivity contribution in [2.24, 2.45) is 0 Å². The number of nitrogens with zero attached hydrogens (tertiary/aromatic N) is 3. The van der Waals surface area contributed by atoms with Gasteiger partial charge in [-0.15, -0.1) is 0 Å². The van der Waals surface area contributed by atoms with Gasteiger partial charge < -0.3 is 24.6 Å². The average molecular weight is 489 g/mol. The third kappa shape index (κ3) is 4.89. The van der Waals surface area contributed by atoms with Crippen molar-refractivity contribution >= 4 is 17.5 Å². The predicted molar refractivity (Wildman–Crippen MR) is 135 cm³/mol. The standard InChI is InChI=1S/C28H32N4O4/c1-31(12-11-29)21-7-10-25-23(15-21)28(34)32(2)24-9-8-22(36-26(24)17-35-25)16-27(33)30-20-13-18-5-3-4-6-19(18)14-20/h3-7,10,15,20,22,24,26H,8-9,12-14,16-17H2,1-2H3,(H,30,33)/t22-,24-,26-/m0/s1. The summed E-state index contributed by atoms with van der Waals surface area (Å²) in [6.07, 6.45) is 2.97. The minimum absolute atomic E-state index is 0.00631. The zero-order chi connectivity index (χ0) is 25.2. The number of nitriles is 1. The Morgan fingerprint density at radius 1 is 1.19 bits per heavy atom. The molecule has 188 valence electrons. The second kappa shape index (κ2) is 10.2. The maximum Gasteiger partial charge on any atom is 0.257 e. The normalized spacial score (nSPS) is 23.3. The quantitative estimate of drug-likeness (QED) is 0.651. The van der Waals surface area contributed by atoms with Crippen LogP contribution in [0.3, 0.4) is 0 Å². The van der Waals surface area contributed by atoms with Gasteiger partial charge in [0.2, 0.25) is 5.91 Å². The smallest absolute Gasteiger partial charge is 0.257 e. The van der Waals surface area contributed by atoms with Crippen LogP contribution in [0.4, 0.5) is 5.69 Å². The van der Waals surface area contributed by atoms with Crippen LogP contribution in [0.15, 0.2) is 42.5 Å². The van der Waals surface area contributed by atoms with E-state index >= 15 is 0 Å². The number of carbonyl (C=O) groups is 2. The lowest BCUT2D eigenvalue weighted by Gasteiger charge is -2.42. The van der Waals surface area contributed by atoms with Crippen LogP contribution in [-0.4, -0.2) is 68.3 Å². The van der Waals surface area contributed by atoms with Crippen LogP contribution in [0.5, 0.6) is 5.75 Å². The second-order valence-electron chi connectivity index (χ2n) is 10.0. The molecular formula is C28H32N4O4. The van der Waals surface area contributed by atoms with Gasteiger partial charge >= 0.3 is 0 Å². The van der Waals surface area contributed by atoms with E-state index in [2.05, 4.69) is 23.5 Å². The third-order valence-corrected chi connectivity index (χ3v) is 7.57. The molecule has 3 aliphatic rings. The Labute approximate surface area is 211 Å². The fraction of sp³-hybridized carbons (Fsp3) is 0.464. The molecule has 8 heteroatoms.